The molecule has 1 spiro atoms. The molecule has 0 saturated carbocycles. The first-order valence-electron chi connectivity index (χ1n) is 12.5. The van der Waals surface area contributed by atoms with Crippen molar-refractivity contribution in [1.82, 2.24) is 15.1 Å². The van der Waals surface area contributed by atoms with Crippen LogP contribution < -0.4 is 5.32 Å². The van der Waals surface area contributed by atoms with Crippen LogP contribution >= 0.6 is 11.6 Å². The molecule has 0 radical (unpaired) electrons. The minimum absolute atomic E-state index is 0.00923. The molecule has 2 fully saturated rings. The Kier molecular flexibility index (Phi) is 7.95. The molecular formula is C28H36ClN3O2. The van der Waals surface area contributed by atoms with Crippen LogP contribution in [0.4, 0.5) is 0 Å². The minimum Gasteiger partial charge on any atom is -0.349 e. The lowest BCUT2D eigenvalue weighted by molar-refractivity contribution is -0.139. The quantitative estimate of drug-likeness (QED) is 0.573. The molecule has 5 nitrogen and oxygen atoms in total. The van der Waals surface area contributed by atoms with Crippen LogP contribution in [-0.4, -0.2) is 47.8 Å². The Balaban J connectivity index is 1.31. The summed E-state index contributed by atoms with van der Waals surface area (Å²) in [6, 6.07) is 18.0. The maximum absolute atomic E-state index is 13.3. The SMILES string of the molecule is CC(C)C(=O)NC(CCN1CCC2(CC1)CCN(Cc1ccc(Cl)cc1)C2=O)c1ccccc1. The van der Waals surface area contributed by atoms with Crippen molar-refractivity contribution >= 4 is 23.4 Å². The van der Waals surface area contributed by atoms with Gasteiger partial charge in [-0.25, -0.2) is 0 Å². The molecule has 1 unspecified atom stereocenters. The molecule has 4 rings (SSSR count). The monoisotopic (exact) mass is 481 g/mol. The van der Waals surface area contributed by atoms with E-state index in [4.69, 9.17) is 11.6 Å². The van der Waals surface area contributed by atoms with E-state index in [0.29, 0.717) is 12.5 Å². The standard InChI is InChI=1S/C28H36ClN3O2/c1-21(2)26(33)30-25(23-6-4-3-5-7-23)12-16-31-17-13-28(14-18-31)15-19-32(27(28)34)20-22-8-10-24(29)11-9-22/h3-11,21,25H,12-20H2,1-2H3,(H,30,33). The summed E-state index contributed by atoms with van der Waals surface area (Å²) in [5.41, 5.74) is 2.07. The number of halogens is 1. The second-order valence-electron chi connectivity index (χ2n) is 10.1. The van der Waals surface area contributed by atoms with Crippen molar-refractivity contribution in [1.29, 1.82) is 0 Å². The van der Waals surface area contributed by atoms with E-state index in [1.165, 1.54) is 0 Å². The van der Waals surface area contributed by atoms with Crippen molar-refractivity contribution in [3.8, 4) is 0 Å². The lowest BCUT2D eigenvalue weighted by Crippen LogP contribution is -2.45. The van der Waals surface area contributed by atoms with Gasteiger partial charge in [0.05, 0.1) is 11.5 Å². The highest BCUT2D eigenvalue weighted by Gasteiger charge is 2.47. The fourth-order valence-electron chi connectivity index (χ4n) is 5.18. The average molecular weight is 482 g/mol. The highest BCUT2D eigenvalue weighted by Crippen LogP contribution is 2.42. The van der Waals surface area contributed by atoms with Crippen molar-refractivity contribution in [3.63, 3.8) is 0 Å². The van der Waals surface area contributed by atoms with E-state index in [9.17, 15) is 9.59 Å². The molecule has 2 amide bonds. The van der Waals surface area contributed by atoms with Crippen molar-refractivity contribution in [2.45, 2.75) is 52.1 Å². The normalized spacial score (nSPS) is 19.1. The van der Waals surface area contributed by atoms with E-state index in [-0.39, 0.29) is 23.3 Å². The maximum atomic E-state index is 13.3. The van der Waals surface area contributed by atoms with Gasteiger partial charge in [-0.15, -0.1) is 0 Å². The summed E-state index contributed by atoms with van der Waals surface area (Å²) in [7, 11) is 0. The lowest BCUT2D eigenvalue weighted by Gasteiger charge is -2.38. The number of carbonyl (C=O) groups is 2. The zero-order valence-corrected chi connectivity index (χ0v) is 21.1. The number of carbonyl (C=O) groups excluding carboxylic acids is 2. The highest BCUT2D eigenvalue weighted by atomic mass is 35.5. The topological polar surface area (TPSA) is 52.7 Å². The van der Waals surface area contributed by atoms with Crippen LogP contribution in [0, 0.1) is 11.3 Å². The van der Waals surface area contributed by atoms with E-state index in [1.807, 2.05) is 61.2 Å². The van der Waals surface area contributed by atoms with Gasteiger partial charge >= 0.3 is 0 Å². The van der Waals surface area contributed by atoms with Gasteiger partial charge in [0.1, 0.15) is 0 Å². The molecule has 6 heteroatoms. The van der Waals surface area contributed by atoms with Crippen LogP contribution in [0.5, 0.6) is 0 Å². The molecule has 2 saturated heterocycles. The predicted octanol–water partition coefficient (Wildman–Crippen LogP) is 5.06. The molecule has 2 aliphatic heterocycles. The predicted molar refractivity (Wildman–Crippen MR) is 136 cm³/mol. The van der Waals surface area contributed by atoms with E-state index in [1.54, 1.807) is 0 Å². The number of nitrogens with one attached hydrogen (secondary N) is 1. The van der Waals surface area contributed by atoms with E-state index >= 15 is 0 Å². The number of hydrogen-bond acceptors (Lipinski definition) is 3. The number of nitrogens with zero attached hydrogens (tertiary/aromatic N) is 2. The van der Waals surface area contributed by atoms with E-state index < -0.39 is 0 Å². The summed E-state index contributed by atoms with van der Waals surface area (Å²) < 4.78 is 0. The smallest absolute Gasteiger partial charge is 0.229 e. The van der Waals surface area contributed by atoms with Crippen molar-refractivity contribution in [3.05, 3.63) is 70.7 Å². The Hall–Kier alpha value is -2.37. The summed E-state index contributed by atoms with van der Waals surface area (Å²) in [5, 5.41) is 3.95. The third-order valence-electron chi connectivity index (χ3n) is 7.48. The Morgan fingerprint density at radius 3 is 2.29 bits per heavy atom. The van der Waals surface area contributed by atoms with Crippen LogP contribution in [0.3, 0.4) is 0 Å². The van der Waals surface area contributed by atoms with Crippen molar-refractivity contribution in [2.24, 2.45) is 11.3 Å². The largest absolute Gasteiger partial charge is 0.349 e. The second kappa shape index (κ2) is 10.9. The highest BCUT2D eigenvalue weighted by molar-refractivity contribution is 6.30. The fraction of sp³-hybridized carbons (Fsp3) is 0.500. The molecule has 2 heterocycles. The molecule has 1 atom stereocenters. The Morgan fingerprint density at radius 2 is 1.65 bits per heavy atom. The van der Waals surface area contributed by atoms with Gasteiger partial charge < -0.3 is 15.1 Å². The van der Waals surface area contributed by atoms with Crippen molar-refractivity contribution in [2.75, 3.05) is 26.2 Å². The summed E-state index contributed by atoms with van der Waals surface area (Å²) >= 11 is 6.00. The lowest BCUT2D eigenvalue weighted by atomic mass is 9.77. The Morgan fingerprint density at radius 1 is 1.00 bits per heavy atom. The zero-order chi connectivity index (χ0) is 24.1. The molecule has 2 aliphatic rings. The molecule has 34 heavy (non-hydrogen) atoms. The van der Waals surface area contributed by atoms with E-state index in [0.717, 1.165) is 68.0 Å². The third-order valence-corrected chi connectivity index (χ3v) is 7.73. The Labute approximate surface area is 208 Å². The van der Waals surface area contributed by atoms with E-state index in [2.05, 4.69) is 22.3 Å². The first-order valence-corrected chi connectivity index (χ1v) is 12.9. The maximum Gasteiger partial charge on any atom is 0.229 e. The van der Waals surface area contributed by atoms with Crippen molar-refractivity contribution < 1.29 is 9.59 Å². The first kappa shape index (κ1) is 24.7. The molecule has 2 aromatic rings. The van der Waals surface area contributed by atoms with Gasteiger partial charge in [0.2, 0.25) is 11.8 Å². The molecule has 182 valence electrons. The summed E-state index contributed by atoms with van der Waals surface area (Å²) in [5.74, 6) is 0.363. The second-order valence-corrected chi connectivity index (χ2v) is 10.6. The third kappa shape index (κ3) is 5.81. The average Bonchev–Trinajstić information content (AvgIpc) is 3.14. The van der Waals surface area contributed by atoms with Gasteiger partial charge in [-0.05, 0) is 62.0 Å². The molecular weight excluding hydrogens is 446 g/mol. The van der Waals surface area contributed by atoms with Gasteiger partial charge in [0, 0.05) is 30.6 Å². The first-order chi connectivity index (χ1) is 16.4. The number of hydrogen-bond donors (Lipinski definition) is 1. The molecule has 2 aromatic carbocycles. The van der Waals surface area contributed by atoms with Crippen LogP contribution in [0.15, 0.2) is 54.6 Å². The van der Waals surface area contributed by atoms with Crippen LogP contribution in [0.25, 0.3) is 0 Å². The number of amides is 2. The molecule has 0 aliphatic carbocycles. The number of piperidine rings is 1. The van der Waals surface area contributed by atoms with Gasteiger partial charge in [-0.1, -0.05) is 67.9 Å². The summed E-state index contributed by atoms with van der Waals surface area (Å²) in [6.45, 7) is 8.12. The van der Waals surface area contributed by atoms with Crippen LogP contribution in [0.1, 0.15) is 56.7 Å². The van der Waals surface area contributed by atoms with Gasteiger partial charge in [-0.3, -0.25) is 9.59 Å². The van der Waals surface area contributed by atoms with Gasteiger partial charge in [-0.2, -0.15) is 0 Å². The molecule has 1 N–H and O–H groups in total. The summed E-state index contributed by atoms with van der Waals surface area (Å²) in [6.07, 6.45) is 3.64. The molecule has 0 bridgehead atoms. The Bertz CT molecular complexity index is 969. The molecule has 0 aromatic heterocycles. The number of likely N-dealkylation sites (tertiary alicyclic amines) is 2. The fourth-order valence-corrected chi connectivity index (χ4v) is 5.31. The summed E-state index contributed by atoms with van der Waals surface area (Å²) in [4.78, 5) is 30.2. The minimum atomic E-state index is -0.201. The van der Waals surface area contributed by atoms with Gasteiger partial charge in [0.25, 0.3) is 0 Å². The number of rotatable bonds is 8. The van der Waals surface area contributed by atoms with Crippen LogP contribution in [0.2, 0.25) is 5.02 Å². The van der Waals surface area contributed by atoms with Crippen LogP contribution in [-0.2, 0) is 16.1 Å². The zero-order valence-electron chi connectivity index (χ0n) is 20.3. The van der Waals surface area contributed by atoms with Gasteiger partial charge in [0.15, 0.2) is 0 Å². The number of benzene rings is 2.